The van der Waals surface area contributed by atoms with E-state index in [9.17, 15) is 4.79 Å². The van der Waals surface area contributed by atoms with Crippen LogP contribution in [0.15, 0.2) is 12.3 Å². The van der Waals surface area contributed by atoms with E-state index in [1.54, 1.807) is 0 Å². The second-order valence-corrected chi connectivity index (χ2v) is 5.36. The van der Waals surface area contributed by atoms with Gasteiger partial charge in [-0.3, -0.25) is 9.69 Å². The molecule has 0 bridgehead atoms. The molecule has 4 fully saturated rings. The highest BCUT2D eigenvalue weighted by Crippen LogP contribution is 2.66. The van der Waals surface area contributed by atoms with Gasteiger partial charge >= 0.3 is 5.97 Å². The molecule has 1 saturated carbocycles. The van der Waals surface area contributed by atoms with Crippen LogP contribution in [0.3, 0.4) is 0 Å². The second-order valence-electron chi connectivity index (χ2n) is 5.36. The summed E-state index contributed by atoms with van der Waals surface area (Å²) < 4.78 is 5.30. The van der Waals surface area contributed by atoms with Gasteiger partial charge in [0.2, 0.25) is 0 Å². The van der Waals surface area contributed by atoms with Crippen molar-refractivity contribution < 1.29 is 9.53 Å². The van der Waals surface area contributed by atoms with E-state index < -0.39 is 0 Å². The predicted molar refractivity (Wildman–Crippen MR) is 53.9 cm³/mol. The molecule has 3 nitrogen and oxygen atoms in total. The van der Waals surface area contributed by atoms with E-state index in [0.29, 0.717) is 12.1 Å². The van der Waals surface area contributed by atoms with Gasteiger partial charge in [0.05, 0.1) is 11.3 Å². The van der Waals surface area contributed by atoms with Crippen molar-refractivity contribution in [1.82, 2.24) is 4.90 Å². The molecule has 1 aliphatic carbocycles. The molecule has 80 valence electrons. The fourth-order valence-electron chi connectivity index (χ4n) is 4.46. The minimum atomic E-state index is -0.000833. The SMILES string of the molecule is C=C1OC(=O)[C@H]2[C@H]3CCCN3[C@@H]3CC[C@]123. The number of cyclic esters (lactones) is 1. The van der Waals surface area contributed by atoms with Crippen molar-refractivity contribution in [2.75, 3.05) is 6.54 Å². The standard InChI is InChI=1S/C12H15NO2/c1-7-12-5-4-9(12)13-6-2-3-8(13)10(12)11(14)15-7/h8-10H,1-6H2/t8-,9-,10-,12-/m1/s1. The summed E-state index contributed by atoms with van der Waals surface area (Å²) in [6.45, 7) is 5.15. The number of fused-ring (bicyclic) bond motifs is 3. The summed E-state index contributed by atoms with van der Waals surface area (Å²) in [5, 5.41) is 0. The van der Waals surface area contributed by atoms with Crippen LogP contribution in [0.5, 0.6) is 0 Å². The summed E-state index contributed by atoms with van der Waals surface area (Å²) in [6.07, 6.45) is 4.75. The lowest BCUT2D eigenvalue weighted by Crippen LogP contribution is -2.49. The van der Waals surface area contributed by atoms with Gasteiger partial charge in [0.25, 0.3) is 0 Å². The lowest BCUT2D eigenvalue weighted by molar-refractivity contribution is -0.140. The Kier molecular flexibility index (Phi) is 1.27. The van der Waals surface area contributed by atoms with Crippen LogP contribution in [0.2, 0.25) is 0 Å². The first kappa shape index (κ1) is 8.34. The zero-order valence-corrected chi connectivity index (χ0v) is 8.74. The van der Waals surface area contributed by atoms with Gasteiger partial charge in [0, 0.05) is 12.1 Å². The van der Waals surface area contributed by atoms with Crippen molar-refractivity contribution in [3.63, 3.8) is 0 Å². The average Bonchev–Trinajstić information content (AvgIpc) is 2.71. The third-order valence-corrected chi connectivity index (χ3v) is 5.11. The Morgan fingerprint density at radius 3 is 3.07 bits per heavy atom. The number of carbonyl (C=O) groups excluding carboxylic acids is 1. The van der Waals surface area contributed by atoms with Crippen LogP contribution in [-0.4, -0.2) is 29.5 Å². The van der Waals surface area contributed by atoms with Gasteiger partial charge in [-0.05, 0) is 32.2 Å². The van der Waals surface area contributed by atoms with Crippen molar-refractivity contribution in [3.8, 4) is 0 Å². The fraction of sp³-hybridized carbons (Fsp3) is 0.750. The number of hydrogen-bond donors (Lipinski definition) is 0. The van der Waals surface area contributed by atoms with E-state index in [0.717, 1.165) is 12.2 Å². The van der Waals surface area contributed by atoms with E-state index in [1.807, 2.05) is 0 Å². The largest absolute Gasteiger partial charge is 0.431 e. The highest BCUT2D eigenvalue weighted by molar-refractivity contribution is 5.81. The quantitative estimate of drug-likeness (QED) is 0.558. The van der Waals surface area contributed by atoms with Gasteiger partial charge in [-0.15, -0.1) is 0 Å². The fourth-order valence-corrected chi connectivity index (χ4v) is 4.46. The Labute approximate surface area is 89.1 Å². The van der Waals surface area contributed by atoms with Crippen LogP contribution in [-0.2, 0) is 9.53 Å². The minimum Gasteiger partial charge on any atom is -0.431 e. The highest BCUT2D eigenvalue weighted by atomic mass is 16.5. The molecule has 0 radical (unpaired) electrons. The van der Waals surface area contributed by atoms with Gasteiger partial charge in [0.1, 0.15) is 5.76 Å². The second kappa shape index (κ2) is 2.29. The van der Waals surface area contributed by atoms with E-state index in [2.05, 4.69) is 11.5 Å². The van der Waals surface area contributed by atoms with Crippen molar-refractivity contribution in [1.29, 1.82) is 0 Å². The molecule has 3 heterocycles. The Bertz CT molecular complexity index is 376. The molecule has 4 atom stereocenters. The van der Waals surface area contributed by atoms with E-state index >= 15 is 0 Å². The van der Waals surface area contributed by atoms with Crippen LogP contribution in [0.25, 0.3) is 0 Å². The molecule has 1 spiro atoms. The van der Waals surface area contributed by atoms with Gasteiger partial charge in [0.15, 0.2) is 0 Å². The summed E-state index contributed by atoms with van der Waals surface area (Å²) in [4.78, 5) is 14.4. The van der Waals surface area contributed by atoms with Crippen LogP contribution in [0, 0.1) is 11.3 Å². The molecular weight excluding hydrogens is 190 g/mol. The first-order valence-electron chi connectivity index (χ1n) is 5.92. The maximum Gasteiger partial charge on any atom is 0.316 e. The first-order valence-corrected chi connectivity index (χ1v) is 5.92. The summed E-state index contributed by atoms with van der Waals surface area (Å²) >= 11 is 0. The summed E-state index contributed by atoms with van der Waals surface area (Å²) in [5.74, 6) is 0.883. The Morgan fingerprint density at radius 2 is 2.33 bits per heavy atom. The van der Waals surface area contributed by atoms with Gasteiger partial charge in [-0.2, -0.15) is 0 Å². The Hall–Kier alpha value is -0.830. The highest BCUT2D eigenvalue weighted by Gasteiger charge is 2.72. The molecular formula is C12H15NO2. The molecule has 4 aliphatic rings. The molecule has 15 heavy (non-hydrogen) atoms. The number of esters is 1. The third-order valence-electron chi connectivity index (χ3n) is 5.11. The molecule has 3 heteroatoms. The number of rotatable bonds is 0. The zero-order chi connectivity index (χ0) is 10.2. The zero-order valence-electron chi connectivity index (χ0n) is 8.74. The normalized spacial score (nSPS) is 52.1. The summed E-state index contributed by atoms with van der Waals surface area (Å²) in [6, 6.07) is 1.03. The Morgan fingerprint density at radius 1 is 1.47 bits per heavy atom. The van der Waals surface area contributed by atoms with Crippen molar-refractivity contribution in [2.45, 2.75) is 37.8 Å². The Balaban J connectivity index is 1.86. The maximum absolute atomic E-state index is 11.9. The molecule has 3 saturated heterocycles. The topological polar surface area (TPSA) is 29.5 Å². The number of ether oxygens (including phenoxy) is 1. The predicted octanol–water partition coefficient (Wildman–Crippen LogP) is 1.30. The molecule has 3 aliphatic heterocycles. The van der Waals surface area contributed by atoms with Gasteiger partial charge in [-0.25, -0.2) is 0 Å². The van der Waals surface area contributed by atoms with Gasteiger partial charge in [-0.1, -0.05) is 6.58 Å². The van der Waals surface area contributed by atoms with Crippen LogP contribution in [0.1, 0.15) is 25.7 Å². The van der Waals surface area contributed by atoms with Crippen molar-refractivity contribution in [2.24, 2.45) is 11.3 Å². The maximum atomic E-state index is 11.9. The molecule has 0 unspecified atom stereocenters. The van der Waals surface area contributed by atoms with Crippen molar-refractivity contribution >= 4 is 5.97 Å². The van der Waals surface area contributed by atoms with Gasteiger partial charge < -0.3 is 4.74 Å². The molecule has 0 aromatic heterocycles. The molecule has 4 rings (SSSR count). The molecule has 0 aromatic carbocycles. The van der Waals surface area contributed by atoms with Crippen LogP contribution >= 0.6 is 0 Å². The summed E-state index contributed by atoms with van der Waals surface area (Å²) in [5.41, 5.74) is 0.0299. The number of hydrogen-bond acceptors (Lipinski definition) is 3. The van der Waals surface area contributed by atoms with Crippen molar-refractivity contribution in [3.05, 3.63) is 12.3 Å². The van der Waals surface area contributed by atoms with E-state index in [4.69, 9.17) is 4.74 Å². The van der Waals surface area contributed by atoms with Crippen LogP contribution in [0.4, 0.5) is 0 Å². The summed E-state index contributed by atoms with van der Waals surface area (Å²) in [7, 11) is 0. The van der Waals surface area contributed by atoms with Crippen LogP contribution < -0.4 is 0 Å². The number of nitrogens with zero attached hydrogens (tertiary/aromatic N) is 1. The number of carbonyl (C=O) groups is 1. The monoisotopic (exact) mass is 205 g/mol. The molecule has 0 N–H and O–H groups in total. The van der Waals surface area contributed by atoms with E-state index in [1.165, 1.54) is 25.8 Å². The van der Waals surface area contributed by atoms with E-state index in [-0.39, 0.29) is 17.3 Å². The lowest BCUT2D eigenvalue weighted by Gasteiger charge is -2.45. The minimum absolute atomic E-state index is 0.000833. The first-order chi connectivity index (χ1) is 7.25. The molecule has 0 aromatic rings. The third kappa shape index (κ3) is 0.680. The molecule has 0 amide bonds. The smallest absolute Gasteiger partial charge is 0.316 e. The average molecular weight is 205 g/mol. The lowest BCUT2D eigenvalue weighted by atomic mass is 9.59.